The molecule has 1 aromatic carbocycles. The van der Waals surface area contributed by atoms with Crippen molar-refractivity contribution in [3.63, 3.8) is 0 Å². The Hall–Kier alpha value is -2.84. The number of nitrogens with one attached hydrogen (secondary N) is 1. The van der Waals surface area contributed by atoms with E-state index in [0.29, 0.717) is 18.8 Å². The second kappa shape index (κ2) is 4.58. The number of carbonyl (C=O) groups excluding carboxylic acids is 2. The summed E-state index contributed by atoms with van der Waals surface area (Å²) in [4.78, 5) is 29.1. The normalized spacial score (nSPS) is 28.7. The molecule has 3 aliphatic rings. The summed E-state index contributed by atoms with van der Waals surface area (Å²) in [5.41, 5.74) is 0.370. The highest BCUT2D eigenvalue weighted by Gasteiger charge is 2.62. The number of carbonyl (C=O) groups is 2. The van der Waals surface area contributed by atoms with Crippen molar-refractivity contribution in [2.45, 2.75) is 12.0 Å². The topological polar surface area (TPSA) is 89.5 Å². The number of ether oxygens (including phenoxy) is 3. The number of amidine groups is 1. The number of benzene rings is 1. The summed E-state index contributed by atoms with van der Waals surface area (Å²) in [6.45, 7) is 1.01. The van der Waals surface area contributed by atoms with Gasteiger partial charge in [0.25, 0.3) is 6.23 Å². The minimum atomic E-state index is -1.74. The molecule has 0 aliphatic carbocycles. The maximum Gasteiger partial charge on any atom is 0.421 e. The molecule has 23 heavy (non-hydrogen) atoms. The zero-order valence-electron chi connectivity index (χ0n) is 12.0. The van der Waals surface area contributed by atoms with Crippen molar-refractivity contribution in [1.29, 1.82) is 0 Å². The standard InChI is InChI=1S/C14H12FN3O5/c1-18-8-6-7(15)2-3-9(8)22-14(12-16-4-5-17-12)13(18)21-10(19)11(20)23-14/h2-3,6,13H,4-5H2,1H3,(H,16,17). The summed E-state index contributed by atoms with van der Waals surface area (Å²) in [5.74, 6) is -3.98. The lowest BCUT2D eigenvalue weighted by Gasteiger charge is -2.48. The molecule has 2 atom stereocenters. The minimum Gasteiger partial charge on any atom is -0.439 e. The predicted octanol–water partition coefficient (Wildman–Crippen LogP) is -0.222. The first-order valence-corrected chi connectivity index (χ1v) is 6.95. The second-order valence-corrected chi connectivity index (χ2v) is 5.30. The molecule has 0 bridgehead atoms. The summed E-state index contributed by atoms with van der Waals surface area (Å²) in [6.07, 6.45) is -1.12. The van der Waals surface area contributed by atoms with E-state index in [1.54, 1.807) is 7.05 Å². The van der Waals surface area contributed by atoms with Gasteiger partial charge >= 0.3 is 17.7 Å². The van der Waals surface area contributed by atoms with Crippen LogP contribution in [0.2, 0.25) is 0 Å². The number of esters is 2. The fourth-order valence-electron chi connectivity index (χ4n) is 2.85. The molecule has 3 heterocycles. The van der Waals surface area contributed by atoms with E-state index in [2.05, 4.69) is 10.3 Å². The van der Waals surface area contributed by atoms with Crippen LogP contribution in [0.3, 0.4) is 0 Å². The van der Waals surface area contributed by atoms with E-state index in [1.165, 1.54) is 23.1 Å². The van der Waals surface area contributed by atoms with Crippen molar-refractivity contribution in [3.05, 3.63) is 24.0 Å². The van der Waals surface area contributed by atoms with Gasteiger partial charge in [0.1, 0.15) is 11.6 Å². The number of nitrogens with zero attached hydrogens (tertiary/aromatic N) is 2. The number of likely N-dealkylation sites (N-methyl/N-ethyl adjacent to an activating group) is 1. The monoisotopic (exact) mass is 321 g/mol. The molecule has 0 spiro atoms. The van der Waals surface area contributed by atoms with Crippen molar-refractivity contribution in [3.8, 4) is 5.75 Å². The molecule has 0 amide bonds. The first-order valence-electron chi connectivity index (χ1n) is 6.95. The molecule has 0 saturated carbocycles. The quantitative estimate of drug-likeness (QED) is 0.565. The Morgan fingerprint density at radius 2 is 2.17 bits per heavy atom. The summed E-state index contributed by atoms with van der Waals surface area (Å²) >= 11 is 0. The van der Waals surface area contributed by atoms with Gasteiger partial charge in [-0.2, -0.15) is 0 Å². The Balaban J connectivity index is 1.87. The van der Waals surface area contributed by atoms with E-state index >= 15 is 0 Å². The smallest absolute Gasteiger partial charge is 0.421 e. The number of fused-ring (bicyclic) bond motifs is 2. The van der Waals surface area contributed by atoms with Gasteiger partial charge in [-0.15, -0.1) is 0 Å². The van der Waals surface area contributed by atoms with E-state index in [9.17, 15) is 14.0 Å². The lowest BCUT2D eigenvalue weighted by molar-refractivity contribution is -0.240. The first kappa shape index (κ1) is 13.8. The van der Waals surface area contributed by atoms with Gasteiger partial charge in [-0.05, 0) is 12.1 Å². The zero-order chi connectivity index (χ0) is 16.2. The number of hydrogen-bond donors (Lipinski definition) is 1. The van der Waals surface area contributed by atoms with Crippen LogP contribution in [0.1, 0.15) is 0 Å². The maximum atomic E-state index is 13.5. The molecule has 2 unspecified atom stereocenters. The van der Waals surface area contributed by atoms with Crippen LogP contribution in [0, 0.1) is 5.82 Å². The Bertz CT molecular complexity index is 752. The van der Waals surface area contributed by atoms with Crippen LogP contribution in [-0.4, -0.2) is 49.9 Å². The highest BCUT2D eigenvalue weighted by molar-refractivity contribution is 6.31. The van der Waals surface area contributed by atoms with Gasteiger partial charge in [0.2, 0.25) is 0 Å². The number of rotatable bonds is 1. The summed E-state index contributed by atoms with van der Waals surface area (Å²) in [5, 5.41) is 2.97. The van der Waals surface area contributed by atoms with E-state index in [0.717, 1.165) is 0 Å². The molecular formula is C14H12FN3O5. The van der Waals surface area contributed by atoms with Gasteiger partial charge in [0.05, 0.1) is 12.2 Å². The van der Waals surface area contributed by atoms with Gasteiger partial charge in [0.15, 0.2) is 5.84 Å². The number of hydrogen-bond acceptors (Lipinski definition) is 8. The summed E-state index contributed by atoms with van der Waals surface area (Å²) in [6, 6.07) is 3.88. The second-order valence-electron chi connectivity index (χ2n) is 5.30. The molecule has 8 nitrogen and oxygen atoms in total. The molecule has 1 N–H and O–H groups in total. The van der Waals surface area contributed by atoms with Crippen LogP contribution < -0.4 is 15.0 Å². The van der Waals surface area contributed by atoms with Gasteiger partial charge < -0.3 is 24.4 Å². The number of halogens is 1. The van der Waals surface area contributed by atoms with Crippen LogP contribution in [0.5, 0.6) is 5.75 Å². The Morgan fingerprint density at radius 3 is 2.91 bits per heavy atom. The summed E-state index contributed by atoms with van der Waals surface area (Å²) in [7, 11) is 1.59. The summed E-state index contributed by atoms with van der Waals surface area (Å²) < 4.78 is 29.8. The van der Waals surface area contributed by atoms with Gasteiger partial charge in [-0.1, -0.05) is 0 Å². The van der Waals surface area contributed by atoms with Gasteiger partial charge in [-0.25, -0.2) is 14.0 Å². The Kier molecular flexibility index (Phi) is 2.75. The first-order chi connectivity index (χ1) is 11.0. The predicted molar refractivity (Wildman–Crippen MR) is 74.4 cm³/mol. The van der Waals surface area contributed by atoms with Crippen molar-refractivity contribution < 1.29 is 28.2 Å². The molecule has 1 fully saturated rings. The third-order valence-electron chi connectivity index (χ3n) is 3.87. The lowest BCUT2D eigenvalue weighted by atomic mass is 10.1. The van der Waals surface area contributed by atoms with E-state index < -0.39 is 29.8 Å². The van der Waals surface area contributed by atoms with E-state index in [-0.39, 0.29) is 11.6 Å². The largest absolute Gasteiger partial charge is 0.439 e. The van der Waals surface area contributed by atoms with E-state index in [4.69, 9.17) is 14.2 Å². The molecule has 0 aromatic heterocycles. The molecule has 1 aromatic rings. The lowest BCUT2D eigenvalue weighted by Crippen LogP contribution is -2.71. The van der Waals surface area contributed by atoms with E-state index in [1.807, 2.05) is 0 Å². The average Bonchev–Trinajstić information content (AvgIpc) is 3.06. The highest BCUT2D eigenvalue weighted by atomic mass is 19.1. The van der Waals surface area contributed by atoms with Crippen LogP contribution in [-0.2, 0) is 19.1 Å². The third-order valence-corrected chi connectivity index (χ3v) is 3.87. The molecule has 4 rings (SSSR count). The van der Waals surface area contributed by atoms with Crippen LogP contribution in [0.25, 0.3) is 0 Å². The zero-order valence-corrected chi connectivity index (χ0v) is 12.0. The average molecular weight is 321 g/mol. The Labute approximate surface area is 129 Å². The van der Waals surface area contributed by atoms with Gasteiger partial charge in [-0.3, -0.25) is 4.99 Å². The van der Waals surface area contributed by atoms with Crippen LogP contribution in [0.4, 0.5) is 10.1 Å². The fourth-order valence-corrected chi connectivity index (χ4v) is 2.85. The number of aliphatic imine (C=N–C) groups is 1. The molecule has 9 heteroatoms. The maximum absolute atomic E-state index is 13.5. The van der Waals surface area contributed by atoms with Crippen LogP contribution >= 0.6 is 0 Å². The number of anilines is 1. The van der Waals surface area contributed by atoms with Crippen molar-refractivity contribution in [1.82, 2.24) is 5.32 Å². The molecule has 1 saturated heterocycles. The molecule has 3 aliphatic heterocycles. The minimum absolute atomic E-state index is 0.255. The van der Waals surface area contributed by atoms with Crippen LogP contribution in [0.15, 0.2) is 23.2 Å². The van der Waals surface area contributed by atoms with Crippen molar-refractivity contribution in [2.75, 3.05) is 25.0 Å². The highest BCUT2D eigenvalue weighted by Crippen LogP contribution is 2.43. The third kappa shape index (κ3) is 1.85. The molecule has 120 valence electrons. The SMILES string of the molecule is CN1c2cc(F)ccc2OC2(C3=NCCN3)OC(=O)C(=O)OC12. The van der Waals surface area contributed by atoms with Gasteiger partial charge in [0, 0.05) is 19.7 Å². The molecule has 0 radical (unpaired) electrons. The van der Waals surface area contributed by atoms with Crippen molar-refractivity contribution in [2.24, 2.45) is 4.99 Å². The Morgan fingerprint density at radius 1 is 1.35 bits per heavy atom. The molecular weight excluding hydrogens is 309 g/mol. The van der Waals surface area contributed by atoms with Crippen molar-refractivity contribution >= 4 is 23.5 Å². The fraction of sp³-hybridized carbons (Fsp3) is 0.357.